The fourth-order valence-electron chi connectivity index (χ4n) is 1.60. The van der Waals surface area contributed by atoms with Crippen LogP contribution in [0.1, 0.15) is 25.6 Å². The minimum Gasteiger partial charge on any atom is -0.342 e. The van der Waals surface area contributed by atoms with Crippen molar-refractivity contribution in [1.82, 2.24) is 10.2 Å². The van der Waals surface area contributed by atoms with E-state index in [1.807, 2.05) is 31.7 Å². The minimum absolute atomic E-state index is 0.129. The fraction of sp³-hybridized carbons (Fsp3) is 0.583. The number of likely N-dealkylation sites (N-methyl/N-ethyl adjacent to an activating group) is 1. The van der Waals surface area contributed by atoms with E-state index in [0.717, 1.165) is 23.4 Å². The van der Waals surface area contributed by atoms with Crippen LogP contribution in [0.4, 0.5) is 0 Å². The van der Waals surface area contributed by atoms with Gasteiger partial charge in [0.25, 0.3) is 0 Å². The smallest absolute Gasteiger partial charge is 0.239 e. The van der Waals surface area contributed by atoms with E-state index in [0.29, 0.717) is 0 Å². The topological polar surface area (TPSA) is 32.3 Å². The van der Waals surface area contributed by atoms with Gasteiger partial charge < -0.3 is 10.2 Å². The molecule has 17 heavy (non-hydrogen) atoms. The van der Waals surface area contributed by atoms with Crippen LogP contribution in [0, 0.1) is 0 Å². The molecule has 0 spiro atoms. The Bertz CT molecular complexity index is 363. The molecule has 1 aromatic heterocycles. The lowest BCUT2D eigenvalue weighted by Gasteiger charge is -2.23. The number of carbonyl (C=O) groups excluding carboxylic acids is 1. The third-order valence-electron chi connectivity index (χ3n) is 2.66. The standard InChI is InChI=1S/C12H19BrN2OS/c1-4-15(5-2)12(16)9(3)14-8-10-6-7-11(13)17-10/h6-7,9,14H,4-5,8H2,1-3H3. The van der Waals surface area contributed by atoms with Crippen molar-refractivity contribution >= 4 is 33.2 Å². The Kier molecular flexibility index (Phi) is 6.16. The molecule has 1 heterocycles. The van der Waals surface area contributed by atoms with E-state index in [4.69, 9.17) is 0 Å². The highest BCUT2D eigenvalue weighted by Crippen LogP contribution is 2.21. The number of hydrogen-bond donors (Lipinski definition) is 1. The van der Waals surface area contributed by atoms with Crippen molar-refractivity contribution in [1.29, 1.82) is 0 Å². The van der Waals surface area contributed by atoms with Gasteiger partial charge >= 0.3 is 0 Å². The molecule has 0 saturated heterocycles. The highest BCUT2D eigenvalue weighted by Gasteiger charge is 2.17. The third-order valence-corrected chi connectivity index (χ3v) is 4.28. The van der Waals surface area contributed by atoms with Crippen molar-refractivity contribution in [2.24, 2.45) is 0 Å². The van der Waals surface area contributed by atoms with Gasteiger partial charge in [-0.15, -0.1) is 11.3 Å². The highest BCUT2D eigenvalue weighted by molar-refractivity contribution is 9.11. The molecule has 3 nitrogen and oxygen atoms in total. The molecule has 1 aromatic rings. The second-order valence-electron chi connectivity index (χ2n) is 3.82. The lowest BCUT2D eigenvalue weighted by molar-refractivity contribution is -0.132. The van der Waals surface area contributed by atoms with E-state index in [1.165, 1.54) is 4.88 Å². The molecule has 5 heteroatoms. The SMILES string of the molecule is CCN(CC)C(=O)C(C)NCc1ccc(Br)s1. The predicted octanol–water partition coefficient (Wildman–Crippen LogP) is 2.86. The van der Waals surface area contributed by atoms with Gasteiger partial charge in [-0.3, -0.25) is 4.79 Å². The van der Waals surface area contributed by atoms with E-state index in [1.54, 1.807) is 11.3 Å². The van der Waals surface area contributed by atoms with Gasteiger partial charge in [0.15, 0.2) is 0 Å². The van der Waals surface area contributed by atoms with Gasteiger partial charge in [0.1, 0.15) is 0 Å². The van der Waals surface area contributed by atoms with Gasteiger partial charge in [0.2, 0.25) is 5.91 Å². The maximum atomic E-state index is 12.0. The van der Waals surface area contributed by atoms with E-state index in [2.05, 4.69) is 27.3 Å². The summed E-state index contributed by atoms with van der Waals surface area (Å²) in [6.45, 7) is 8.21. The number of hydrogen-bond acceptors (Lipinski definition) is 3. The molecular weight excluding hydrogens is 300 g/mol. The van der Waals surface area contributed by atoms with E-state index in [-0.39, 0.29) is 11.9 Å². The monoisotopic (exact) mass is 318 g/mol. The summed E-state index contributed by atoms with van der Waals surface area (Å²) >= 11 is 5.12. The first-order chi connectivity index (χ1) is 8.08. The molecule has 0 fully saturated rings. The summed E-state index contributed by atoms with van der Waals surface area (Å²) in [6.07, 6.45) is 0. The van der Waals surface area contributed by atoms with Crippen LogP contribution in [0.3, 0.4) is 0 Å². The van der Waals surface area contributed by atoms with Crippen LogP contribution in [0.25, 0.3) is 0 Å². The first kappa shape index (κ1) is 14.7. The molecule has 1 atom stereocenters. The molecule has 0 radical (unpaired) electrons. The van der Waals surface area contributed by atoms with Crippen LogP contribution in [0.5, 0.6) is 0 Å². The van der Waals surface area contributed by atoms with Crippen molar-refractivity contribution in [3.8, 4) is 0 Å². The van der Waals surface area contributed by atoms with Gasteiger partial charge in [0.05, 0.1) is 9.83 Å². The number of carbonyl (C=O) groups is 1. The maximum absolute atomic E-state index is 12.0. The molecule has 96 valence electrons. The van der Waals surface area contributed by atoms with Crippen molar-refractivity contribution < 1.29 is 4.79 Å². The summed E-state index contributed by atoms with van der Waals surface area (Å²) < 4.78 is 1.12. The van der Waals surface area contributed by atoms with Gasteiger partial charge in [-0.1, -0.05) is 0 Å². The molecule has 0 saturated carbocycles. The van der Waals surface area contributed by atoms with Crippen LogP contribution in [-0.2, 0) is 11.3 Å². The van der Waals surface area contributed by atoms with Gasteiger partial charge in [-0.2, -0.15) is 0 Å². The second kappa shape index (κ2) is 7.13. The quantitative estimate of drug-likeness (QED) is 0.874. The van der Waals surface area contributed by atoms with E-state index in [9.17, 15) is 4.79 Å². The Morgan fingerprint density at radius 2 is 2.12 bits per heavy atom. The molecule has 0 aliphatic rings. The van der Waals surface area contributed by atoms with Crippen LogP contribution < -0.4 is 5.32 Å². The number of thiophene rings is 1. The summed E-state index contributed by atoms with van der Waals surface area (Å²) in [7, 11) is 0. The minimum atomic E-state index is -0.129. The lowest BCUT2D eigenvalue weighted by Crippen LogP contribution is -2.44. The highest BCUT2D eigenvalue weighted by atomic mass is 79.9. The van der Waals surface area contributed by atoms with Crippen molar-refractivity contribution in [3.05, 3.63) is 20.8 Å². The third kappa shape index (κ3) is 4.41. The summed E-state index contributed by atoms with van der Waals surface area (Å²) in [4.78, 5) is 15.1. The number of nitrogens with one attached hydrogen (secondary N) is 1. The Morgan fingerprint density at radius 1 is 1.47 bits per heavy atom. The maximum Gasteiger partial charge on any atom is 0.239 e. The van der Waals surface area contributed by atoms with Gasteiger partial charge in [0, 0.05) is 24.5 Å². The fourth-order valence-corrected chi connectivity index (χ4v) is 3.03. The number of halogens is 1. The first-order valence-electron chi connectivity index (χ1n) is 5.84. The van der Waals surface area contributed by atoms with Crippen LogP contribution in [-0.4, -0.2) is 29.9 Å². The zero-order valence-electron chi connectivity index (χ0n) is 10.5. The predicted molar refractivity (Wildman–Crippen MR) is 76.2 cm³/mol. The van der Waals surface area contributed by atoms with Gasteiger partial charge in [-0.05, 0) is 48.8 Å². The Morgan fingerprint density at radius 3 is 2.59 bits per heavy atom. The number of amides is 1. The average molecular weight is 319 g/mol. The molecule has 1 N–H and O–H groups in total. The molecule has 0 aliphatic heterocycles. The molecule has 1 rings (SSSR count). The molecule has 1 unspecified atom stereocenters. The van der Waals surface area contributed by atoms with E-state index < -0.39 is 0 Å². The van der Waals surface area contributed by atoms with E-state index >= 15 is 0 Å². The van der Waals surface area contributed by atoms with Crippen molar-refractivity contribution in [2.75, 3.05) is 13.1 Å². The molecule has 0 aromatic carbocycles. The number of rotatable bonds is 6. The largest absolute Gasteiger partial charge is 0.342 e. The van der Waals surface area contributed by atoms with Gasteiger partial charge in [-0.25, -0.2) is 0 Å². The Balaban J connectivity index is 2.43. The summed E-state index contributed by atoms with van der Waals surface area (Å²) in [5, 5.41) is 3.26. The first-order valence-corrected chi connectivity index (χ1v) is 7.45. The zero-order chi connectivity index (χ0) is 12.8. The second-order valence-corrected chi connectivity index (χ2v) is 6.37. The molecule has 1 amide bonds. The Labute approximate surface area is 115 Å². The summed E-state index contributed by atoms with van der Waals surface area (Å²) in [5.74, 6) is 0.172. The molecule has 0 aliphatic carbocycles. The van der Waals surface area contributed by atoms with Crippen LogP contribution in [0.2, 0.25) is 0 Å². The van der Waals surface area contributed by atoms with Crippen LogP contribution >= 0.6 is 27.3 Å². The Hall–Kier alpha value is -0.390. The molecular formula is C12H19BrN2OS. The number of nitrogens with zero attached hydrogens (tertiary/aromatic N) is 1. The average Bonchev–Trinajstić information content (AvgIpc) is 2.73. The lowest BCUT2D eigenvalue weighted by atomic mass is 10.2. The summed E-state index contributed by atoms with van der Waals surface area (Å²) in [5.41, 5.74) is 0. The van der Waals surface area contributed by atoms with Crippen LogP contribution in [0.15, 0.2) is 15.9 Å². The van der Waals surface area contributed by atoms with Crippen molar-refractivity contribution in [3.63, 3.8) is 0 Å². The normalized spacial score (nSPS) is 12.5. The molecule has 0 bridgehead atoms. The summed E-state index contributed by atoms with van der Waals surface area (Å²) in [6, 6.07) is 3.96. The van der Waals surface area contributed by atoms with Crippen molar-refractivity contribution in [2.45, 2.75) is 33.4 Å². The zero-order valence-corrected chi connectivity index (χ0v) is 12.9.